The van der Waals surface area contributed by atoms with Crippen molar-refractivity contribution in [2.24, 2.45) is 0 Å². The topological polar surface area (TPSA) is 71.5 Å². The maximum Gasteiger partial charge on any atom is 0.224 e. The van der Waals surface area contributed by atoms with Crippen molar-refractivity contribution in [2.45, 2.75) is 38.7 Å². The van der Waals surface area contributed by atoms with Crippen LogP contribution in [0.1, 0.15) is 29.7 Å². The first kappa shape index (κ1) is 16.9. The van der Waals surface area contributed by atoms with Crippen LogP contribution in [-0.2, 0) is 16.0 Å². The van der Waals surface area contributed by atoms with Crippen LogP contribution < -0.4 is 5.32 Å². The molecule has 0 bridgehead atoms. The van der Waals surface area contributed by atoms with Gasteiger partial charge in [0.05, 0.1) is 17.5 Å². The highest BCUT2D eigenvalue weighted by Gasteiger charge is 2.30. The summed E-state index contributed by atoms with van der Waals surface area (Å²) in [5.74, 6) is -0.0850. The molecular weight excluding hydrogens is 304 g/mol. The zero-order chi connectivity index (χ0) is 17.2. The third-order valence-corrected chi connectivity index (χ3v) is 4.86. The number of fused-ring (bicyclic) bond motifs is 1. The van der Waals surface area contributed by atoms with Crippen molar-refractivity contribution in [1.29, 1.82) is 0 Å². The van der Waals surface area contributed by atoms with Gasteiger partial charge in [-0.2, -0.15) is 0 Å². The number of amides is 1. The minimum Gasteiger partial charge on any atom is -0.388 e. The third kappa shape index (κ3) is 3.57. The Bertz CT molecular complexity index is 752. The molecule has 24 heavy (non-hydrogen) atoms. The summed E-state index contributed by atoms with van der Waals surface area (Å²) in [4.78, 5) is 17.0. The second kappa shape index (κ2) is 6.87. The van der Waals surface area contributed by atoms with Crippen molar-refractivity contribution < 1.29 is 14.6 Å². The fourth-order valence-corrected chi connectivity index (χ4v) is 3.25. The lowest BCUT2D eigenvalue weighted by Gasteiger charge is -2.32. The molecule has 2 aromatic rings. The molecule has 0 atom stereocenters. The molecule has 5 nitrogen and oxygen atoms in total. The van der Waals surface area contributed by atoms with Crippen molar-refractivity contribution >= 4 is 16.8 Å². The number of aliphatic hydroxyl groups is 1. The van der Waals surface area contributed by atoms with Gasteiger partial charge in [-0.15, -0.1) is 0 Å². The summed E-state index contributed by atoms with van der Waals surface area (Å²) in [6, 6.07) is 7.97. The highest BCUT2D eigenvalue weighted by atomic mass is 16.5. The van der Waals surface area contributed by atoms with Crippen LogP contribution in [0.15, 0.2) is 24.3 Å². The Morgan fingerprint density at radius 2 is 2.00 bits per heavy atom. The molecule has 0 aliphatic carbocycles. The molecule has 2 heterocycles. The zero-order valence-electron chi connectivity index (χ0n) is 14.3. The predicted octanol–water partition coefficient (Wildman–Crippen LogP) is 2.05. The van der Waals surface area contributed by atoms with E-state index in [2.05, 4.69) is 10.3 Å². The highest BCUT2D eigenvalue weighted by Crippen LogP contribution is 2.23. The number of pyridine rings is 1. The Morgan fingerprint density at radius 1 is 1.29 bits per heavy atom. The minimum absolute atomic E-state index is 0.0850. The number of rotatable bonds is 4. The summed E-state index contributed by atoms with van der Waals surface area (Å²) < 4.78 is 5.26. The summed E-state index contributed by atoms with van der Waals surface area (Å²) in [7, 11) is 0. The van der Waals surface area contributed by atoms with E-state index in [1.54, 1.807) is 0 Å². The van der Waals surface area contributed by atoms with Gasteiger partial charge < -0.3 is 15.2 Å². The molecule has 1 aromatic carbocycles. The molecule has 0 saturated carbocycles. The van der Waals surface area contributed by atoms with E-state index in [0.29, 0.717) is 26.1 Å². The van der Waals surface area contributed by atoms with Crippen molar-refractivity contribution in [3.05, 3.63) is 41.1 Å². The summed E-state index contributed by atoms with van der Waals surface area (Å²) in [5.41, 5.74) is 3.04. The van der Waals surface area contributed by atoms with E-state index in [0.717, 1.165) is 27.7 Å². The minimum atomic E-state index is -0.848. The van der Waals surface area contributed by atoms with Gasteiger partial charge in [-0.25, -0.2) is 0 Å². The van der Waals surface area contributed by atoms with Crippen molar-refractivity contribution in [3.8, 4) is 0 Å². The quantitative estimate of drug-likeness (QED) is 0.901. The molecule has 3 rings (SSSR count). The molecule has 1 saturated heterocycles. The van der Waals surface area contributed by atoms with Crippen LogP contribution in [0.4, 0.5) is 0 Å². The number of hydrogen-bond donors (Lipinski definition) is 2. The average molecular weight is 328 g/mol. The number of aryl methyl sites for hydroxylation is 2. The van der Waals surface area contributed by atoms with E-state index in [4.69, 9.17) is 4.74 Å². The number of nitrogens with one attached hydrogen (secondary N) is 1. The highest BCUT2D eigenvalue weighted by molar-refractivity contribution is 5.86. The standard InChI is InChI=1S/C19H24N2O3/c1-13-15-5-3-4-6-17(15)21-14(2)16(13)11-18(22)20-12-19(23)7-9-24-10-8-19/h3-6,23H,7-12H2,1-2H3,(H,20,22). The van der Waals surface area contributed by atoms with E-state index in [1.165, 1.54) is 0 Å². The van der Waals surface area contributed by atoms with Crippen LogP contribution in [0.3, 0.4) is 0 Å². The number of nitrogens with zero attached hydrogens (tertiary/aromatic N) is 1. The van der Waals surface area contributed by atoms with Gasteiger partial charge in [-0.3, -0.25) is 9.78 Å². The second-order valence-corrected chi connectivity index (χ2v) is 6.61. The molecule has 0 unspecified atom stereocenters. The maximum absolute atomic E-state index is 12.4. The van der Waals surface area contributed by atoms with Gasteiger partial charge in [0.25, 0.3) is 0 Å². The fourth-order valence-electron chi connectivity index (χ4n) is 3.25. The van der Waals surface area contributed by atoms with Crippen LogP contribution in [0.2, 0.25) is 0 Å². The lowest BCUT2D eigenvalue weighted by molar-refractivity contribution is -0.123. The summed E-state index contributed by atoms with van der Waals surface area (Å²) >= 11 is 0. The van der Waals surface area contributed by atoms with E-state index in [-0.39, 0.29) is 18.9 Å². The molecule has 1 aliphatic rings. The normalized spacial score (nSPS) is 17.0. The monoisotopic (exact) mass is 328 g/mol. The second-order valence-electron chi connectivity index (χ2n) is 6.61. The van der Waals surface area contributed by atoms with Crippen molar-refractivity contribution in [2.75, 3.05) is 19.8 Å². The van der Waals surface area contributed by atoms with E-state index >= 15 is 0 Å². The van der Waals surface area contributed by atoms with Crippen LogP contribution >= 0.6 is 0 Å². The van der Waals surface area contributed by atoms with Crippen LogP contribution in [0, 0.1) is 13.8 Å². The van der Waals surface area contributed by atoms with Gasteiger partial charge in [0.1, 0.15) is 0 Å². The molecule has 2 N–H and O–H groups in total. The van der Waals surface area contributed by atoms with Crippen LogP contribution in [-0.4, -0.2) is 41.4 Å². The number of hydrogen-bond acceptors (Lipinski definition) is 4. The SMILES string of the molecule is Cc1nc2ccccc2c(C)c1CC(=O)NCC1(O)CCOCC1. The first-order valence-electron chi connectivity index (χ1n) is 8.40. The first-order chi connectivity index (χ1) is 11.5. The van der Waals surface area contributed by atoms with E-state index in [1.807, 2.05) is 38.1 Å². The Kier molecular flexibility index (Phi) is 4.83. The molecule has 5 heteroatoms. The Morgan fingerprint density at radius 3 is 2.75 bits per heavy atom. The lowest BCUT2D eigenvalue weighted by Crippen LogP contribution is -2.47. The maximum atomic E-state index is 12.4. The Labute approximate surface area is 142 Å². The van der Waals surface area contributed by atoms with Gasteiger partial charge in [0.15, 0.2) is 0 Å². The van der Waals surface area contributed by atoms with Crippen molar-refractivity contribution in [1.82, 2.24) is 10.3 Å². The van der Waals surface area contributed by atoms with Gasteiger partial charge in [0.2, 0.25) is 5.91 Å². The molecular formula is C19H24N2O3. The number of aromatic nitrogens is 1. The first-order valence-corrected chi connectivity index (χ1v) is 8.40. The predicted molar refractivity (Wildman–Crippen MR) is 92.9 cm³/mol. The van der Waals surface area contributed by atoms with E-state index in [9.17, 15) is 9.90 Å². The van der Waals surface area contributed by atoms with Crippen LogP contribution in [0.25, 0.3) is 10.9 Å². The summed E-state index contributed by atoms with van der Waals surface area (Å²) in [5, 5.41) is 14.4. The molecule has 0 spiro atoms. The molecule has 1 aromatic heterocycles. The molecule has 128 valence electrons. The average Bonchev–Trinajstić information content (AvgIpc) is 2.58. The Balaban J connectivity index is 1.71. The van der Waals surface area contributed by atoms with Gasteiger partial charge in [0, 0.05) is 43.7 Å². The summed E-state index contributed by atoms with van der Waals surface area (Å²) in [6.07, 6.45) is 1.40. The molecule has 1 fully saturated rings. The largest absolute Gasteiger partial charge is 0.388 e. The number of carbonyl (C=O) groups is 1. The van der Waals surface area contributed by atoms with Gasteiger partial charge in [-0.05, 0) is 31.0 Å². The fraction of sp³-hybridized carbons (Fsp3) is 0.474. The zero-order valence-corrected chi connectivity index (χ0v) is 14.3. The van der Waals surface area contributed by atoms with Gasteiger partial charge in [-0.1, -0.05) is 18.2 Å². The lowest BCUT2D eigenvalue weighted by atomic mass is 9.94. The van der Waals surface area contributed by atoms with Crippen LogP contribution in [0.5, 0.6) is 0 Å². The number of carbonyl (C=O) groups excluding carboxylic acids is 1. The number of ether oxygens (including phenoxy) is 1. The smallest absolute Gasteiger partial charge is 0.224 e. The number of para-hydroxylation sites is 1. The Hall–Kier alpha value is -1.98. The molecule has 1 amide bonds. The number of benzene rings is 1. The molecule has 0 radical (unpaired) electrons. The van der Waals surface area contributed by atoms with Gasteiger partial charge >= 0.3 is 0 Å². The van der Waals surface area contributed by atoms with Crippen molar-refractivity contribution in [3.63, 3.8) is 0 Å². The third-order valence-electron chi connectivity index (χ3n) is 4.86. The van der Waals surface area contributed by atoms with E-state index < -0.39 is 5.60 Å². The molecule has 1 aliphatic heterocycles. The summed E-state index contributed by atoms with van der Waals surface area (Å²) in [6.45, 7) is 5.33.